The Balaban J connectivity index is 1.51. The molecule has 2 aliphatic rings. The number of carbonyl (C=O) groups excluding carboxylic acids is 2. The highest BCUT2D eigenvalue weighted by Crippen LogP contribution is 2.43. The highest BCUT2D eigenvalue weighted by Gasteiger charge is 2.49. The van der Waals surface area contributed by atoms with Gasteiger partial charge in [-0.05, 0) is 24.5 Å². The smallest absolute Gasteiger partial charge is 0.255 e. The minimum absolute atomic E-state index is 0.0228. The van der Waals surface area contributed by atoms with E-state index in [0.29, 0.717) is 25.1 Å². The lowest BCUT2D eigenvalue weighted by atomic mass is 9.74. The molecule has 0 radical (unpaired) electrons. The molecule has 1 atom stereocenters. The molecule has 2 amide bonds. The minimum Gasteiger partial charge on any atom is -0.350 e. The molecule has 2 aliphatic heterocycles. The van der Waals surface area contributed by atoms with Gasteiger partial charge in [-0.1, -0.05) is 30.3 Å². The second kappa shape index (κ2) is 6.27. The van der Waals surface area contributed by atoms with Gasteiger partial charge in [0.05, 0.1) is 23.5 Å². The molecule has 0 bridgehead atoms. The Labute approximate surface area is 146 Å². The third kappa shape index (κ3) is 2.88. The van der Waals surface area contributed by atoms with E-state index in [1.807, 2.05) is 23.1 Å². The van der Waals surface area contributed by atoms with E-state index in [1.165, 1.54) is 18.0 Å². The maximum Gasteiger partial charge on any atom is 0.255 e. The second-order valence-electron chi connectivity index (χ2n) is 6.80. The fourth-order valence-electron chi connectivity index (χ4n) is 4.10. The zero-order valence-electron chi connectivity index (χ0n) is 13.9. The van der Waals surface area contributed by atoms with E-state index in [-0.39, 0.29) is 23.3 Å². The maximum absolute atomic E-state index is 12.6. The van der Waals surface area contributed by atoms with Crippen LogP contribution in [0.2, 0.25) is 0 Å². The summed E-state index contributed by atoms with van der Waals surface area (Å²) < 4.78 is 0. The van der Waals surface area contributed by atoms with Gasteiger partial charge < -0.3 is 10.2 Å². The van der Waals surface area contributed by atoms with Crippen molar-refractivity contribution >= 4 is 11.8 Å². The van der Waals surface area contributed by atoms with E-state index in [4.69, 9.17) is 0 Å². The maximum atomic E-state index is 12.6. The Morgan fingerprint density at radius 1 is 1.12 bits per heavy atom. The molecule has 1 aromatic heterocycles. The van der Waals surface area contributed by atoms with Gasteiger partial charge in [0.1, 0.15) is 0 Å². The van der Waals surface area contributed by atoms with Gasteiger partial charge in [-0.25, -0.2) is 0 Å². The number of aromatic nitrogens is 2. The average molecular weight is 336 g/mol. The number of piperidine rings is 1. The first-order valence-electron chi connectivity index (χ1n) is 8.60. The molecule has 1 spiro atoms. The fraction of sp³-hybridized carbons (Fsp3) is 0.368. The molecule has 2 saturated heterocycles. The summed E-state index contributed by atoms with van der Waals surface area (Å²) >= 11 is 0. The van der Waals surface area contributed by atoms with Crippen LogP contribution < -0.4 is 5.32 Å². The van der Waals surface area contributed by atoms with Crippen LogP contribution >= 0.6 is 0 Å². The van der Waals surface area contributed by atoms with Crippen LogP contribution in [0.4, 0.5) is 0 Å². The summed E-state index contributed by atoms with van der Waals surface area (Å²) in [6.07, 6.45) is 5.08. The predicted octanol–water partition coefficient (Wildman–Crippen LogP) is 1.76. The summed E-state index contributed by atoms with van der Waals surface area (Å²) in [7, 11) is 0. The van der Waals surface area contributed by atoms with E-state index in [2.05, 4.69) is 27.6 Å². The number of hydrogen-bond acceptors (Lipinski definition) is 4. The van der Waals surface area contributed by atoms with Crippen LogP contribution in [0.25, 0.3) is 0 Å². The summed E-state index contributed by atoms with van der Waals surface area (Å²) in [6, 6.07) is 11.9. The molecule has 2 fully saturated rings. The van der Waals surface area contributed by atoms with Crippen LogP contribution in [0.15, 0.2) is 48.8 Å². The Kier molecular flexibility index (Phi) is 3.95. The zero-order valence-corrected chi connectivity index (χ0v) is 13.9. The number of benzene rings is 1. The molecule has 3 heterocycles. The van der Waals surface area contributed by atoms with E-state index in [1.54, 1.807) is 6.07 Å². The van der Waals surface area contributed by atoms with Gasteiger partial charge in [-0.2, -0.15) is 10.2 Å². The van der Waals surface area contributed by atoms with Crippen molar-refractivity contribution in [3.63, 3.8) is 0 Å². The Bertz CT molecular complexity index is 771. The highest BCUT2D eigenvalue weighted by molar-refractivity contribution is 5.94. The van der Waals surface area contributed by atoms with Crippen LogP contribution in [-0.4, -0.2) is 45.5 Å². The number of nitrogens with zero attached hydrogens (tertiary/aromatic N) is 3. The highest BCUT2D eigenvalue weighted by atomic mass is 16.2. The monoisotopic (exact) mass is 336 g/mol. The Hall–Kier alpha value is -2.76. The number of likely N-dealkylation sites (tertiary alicyclic amines) is 1. The molecule has 6 heteroatoms. The van der Waals surface area contributed by atoms with Crippen molar-refractivity contribution in [3.05, 3.63) is 59.9 Å². The van der Waals surface area contributed by atoms with Gasteiger partial charge in [0, 0.05) is 25.4 Å². The van der Waals surface area contributed by atoms with Gasteiger partial charge in [-0.3, -0.25) is 9.59 Å². The van der Waals surface area contributed by atoms with Crippen LogP contribution in [0, 0.1) is 0 Å². The van der Waals surface area contributed by atoms with E-state index in [9.17, 15) is 9.59 Å². The molecule has 4 rings (SSSR count). The summed E-state index contributed by atoms with van der Waals surface area (Å²) in [6.45, 7) is 1.26. The predicted molar refractivity (Wildman–Crippen MR) is 91.8 cm³/mol. The number of nitrogens with one attached hydrogen (secondary N) is 1. The fourth-order valence-corrected chi connectivity index (χ4v) is 4.10. The molecule has 0 aliphatic carbocycles. The topological polar surface area (TPSA) is 75.2 Å². The molecule has 1 N–H and O–H groups in total. The van der Waals surface area contributed by atoms with Crippen LogP contribution in [-0.2, 0) is 4.79 Å². The van der Waals surface area contributed by atoms with Gasteiger partial charge in [0.2, 0.25) is 5.91 Å². The molecule has 1 unspecified atom stereocenters. The summed E-state index contributed by atoms with van der Waals surface area (Å²) in [5.41, 5.74) is 1.51. The minimum atomic E-state index is -0.244. The first-order valence-corrected chi connectivity index (χ1v) is 8.60. The molecule has 0 saturated carbocycles. The van der Waals surface area contributed by atoms with Gasteiger partial charge in [-0.15, -0.1) is 0 Å². The summed E-state index contributed by atoms with van der Waals surface area (Å²) in [5, 5.41) is 10.7. The van der Waals surface area contributed by atoms with E-state index < -0.39 is 0 Å². The first kappa shape index (κ1) is 15.7. The van der Waals surface area contributed by atoms with Gasteiger partial charge in [0.15, 0.2) is 0 Å². The normalized spacial score (nSPS) is 22.0. The van der Waals surface area contributed by atoms with Crippen molar-refractivity contribution in [2.75, 3.05) is 13.1 Å². The molecule has 25 heavy (non-hydrogen) atoms. The van der Waals surface area contributed by atoms with Gasteiger partial charge in [0.25, 0.3) is 5.91 Å². The lowest BCUT2D eigenvalue weighted by Gasteiger charge is -2.43. The Morgan fingerprint density at radius 2 is 1.88 bits per heavy atom. The SMILES string of the molecule is O=C1CC(c2ccccc2)C2(CCN(C(=O)c3ccnnc3)CC2)N1. The largest absolute Gasteiger partial charge is 0.350 e. The van der Waals surface area contributed by atoms with Crippen molar-refractivity contribution in [1.29, 1.82) is 0 Å². The van der Waals surface area contributed by atoms with Crippen LogP contribution in [0.1, 0.15) is 41.1 Å². The molecule has 128 valence electrons. The quantitative estimate of drug-likeness (QED) is 0.907. The Morgan fingerprint density at radius 3 is 2.56 bits per heavy atom. The third-order valence-corrected chi connectivity index (χ3v) is 5.42. The van der Waals surface area contributed by atoms with Crippen molar-refractivity contribution < 1.29 is 9.59 Å². The first-order chi connectivity index (χ1) is 12.2. The van der Waals surface area contributed by atoms with E-state index in [0.717, 1.165) is 12.8 Å². The number of amides is 2. The second-order valence-corrected chi connectivity index (χ2v) is 6.80. The van der Waals surface area contributed by atoms with Crippen molar-refractivity contribution in [1.82, 2.24) is 20.4 Å². The number of hydrogen-bond donors (Lipinski definition) is 1. The summed E-state index contributed by atoms with van der Waals surface area (Å²) in [5.74, 6) is 0.248. The molecular formula is C19H20N4O2. The molecule has 6 nitrogen and oxygen atoms in total. The summed E-state index contributed by atoms with van der Waals surface area (Å²) in [4.78, 5) is 26.6. The average Bonchev–Trinajstić information content (AvgIpc) is 2.99. The lowest BCUT2D eigenvalue weighted by Crippen LogP contribution is -2.54. The van der Waals surface area contributed by atoms with Crippen LogP contribution in [0.5, 0.6) is 0 Å². The van der Waals surface area contributed by atoms with Crippen molar-refractivity contribution in [2.24, 2.45) is 0 Å². The standard InChI is InChI=1S/C19H20N4O2/c24-17-12-16(14-4-2-1-3-5-14)19(22-17)7-10-23(11-8-19)18(25)15-6-9-20-21-13-15/h1-6,9,13,16H,7-8,10-12H2,(H,22,24). The van der Waals surface area contributed by atoms with E-state index >= 15 is 0 Å². The number of rotatable bonds is 2. The third-order valence-electron chi connectivity index (χ3n) is 5.42. The molecule has 1 aromatic carbocycles. The molecular weight excluding hydrogens is 316 g/mol. The van der Waals surface area contributed by atoms with Crippen LogP contribution in [0.3, 0.4) is 0 Å². The molecule has 2 aromatic rings. The van der Waals surface area contributed by atoms with Crippen molar-refractivity contribution in [3.8, 4) is 0 Å². The number of carbonyl (C=O) groups is 2. The lowest BCUT2D eigenvalue weighted by molar-refractivity contribution is -0.120. The van der Waals surface area contributed by atoms with Gasteiger partial charge >= 0.3 is 0 Å². The zero-order chi connectivity index (χ0) is 17.3. The van der Waals surface area contributed by atoms with Crippen molar-refractivity contribution in [2.45, 2.75) is 30.7 Å².